The van der Waals surface area contributed by atoms with Crippen LogP contribution in [0, 0.1) is 0 Å². The van der Waals surface area contributed by atoms with Crippen LogP contribution in [0.15, 0.2) is 60.8 Å². The number of aliphatic hydroxyl groups is 1. The Kier molecular flexibility index (Phi) is 5.47. The molecule has 5 rings (SSSR count). The molecule has 1 aromatic heterocycles. The van der Waals surface area contributed by atoms with E-state index in [0.29, 0.717) is 39.0 Å². The van der Waals surface area contributed by atoms with Crippen LogP contribution in [0.25, 0.3) is 22.0 Å². The topological polar surface area (TPSA) is 62.7 Å². The zero-order valence-electron chi connectivity index (χ0n) is 17.7. The van der Waals surface area contributed by atoms with E-state index in [2.05, 4.69) is 47.4 Å². The lowest BCUT2D eigenvalue weighted by molar-refractivity contribution is -0.145. The second-order valence-electron chi connectivity index (χ2n) is 8.84. The molecule has 0 saturated carbocycles. The number of likely N-dealkylation sites (tertiary alicyclic amines) is 1. The third kappa shape index (κ3) is 4.34. The summed E-state index contributed by atoms with van der Waals surface area (Å²) in [7, 11) is 0. The number of carbonyl (C=O) groups is 1. The molecule has 3 aromatic rings. The maximum atomic E-state index is 12.5. The van der Waals surface area contributed by atoms with E-state index in [-0.39, 0.29) is 12.0 Å². The van der Waals surface area contributed by atoms with Gasteiger partial charge in [-0.25, -0.2) is 0 Å². The van der Waals surface area contributed by atoms with Crippen molar-refractivity contribution in [2.75, 3.05) is 19.7 Å². The molecule has 2 fully saturated rings. The molecule has 1 amide bonds. The molecule has 0 aliphatic carbocycles. The molecule has 2 aliphatic heterocycles. The molecular weight excluding hydrogens is 388 g/mol. The van der Waals surface area contributed by atoms with Crippen molar-refractivity contribution in [3.05, 3.63) is 66.4 Å². The molecular formula is C26H28N2O3. The fraction of sp³-hybridized carbons (Fsp3) is 0.385. The molecule has 3 heterocycles. The first-order chi connectivity index (χ1) is 15.1. The van der Waals surface area contributed by atoms with Crippen LogP contribution in [0.3, 0.4) is 0 Å². The highest BCUT2D eigenvalue weighted by Gasteiger charge is 2.36. The van der Waals surface area contributed by atoms with Crippen LogP contribution in [0.1, 0.15) is 31.2 Å². The summed E-state index contributed by atoms with van der Waals surface area (Å²) in [4.78, 5) is 19.0. The van der Waals surface area contributed by atoms with Crippen LogP contribution >= 0.6 is 0 Å². The molecule has 5 nitrogen and oxygen atoms in total. The van der Waals surface area contributed by atoms with Crippen LogP contribution in [0.5, 0.6) is 0 Å². The monoisotopic (exact) mass is 416 g/mol. The lowest BCUT2D eigenvalue weighted by Crippen LogP contribution is -2.50. The van der Waals surface area contributed by atoms with Crippen LogP contribution in [-0.2, 0) is 16.0 Å². The Morgan fingerprint density at radius 2 is 1.84 bits per heavy atom. The number of benzene rings is 2. The Bertz CT molecular complexity index is 1070. The van der Waals surface area contributed by atoms with Gasteiger partial charge in [-0.2, -0.15) is 0 Å². The number of pyridine rings is 1. The minimum absolute atomic E-state index is 0.0896. The van der Waals surface area contributed by atoms with E-state index in [4.69, 9.17) is 4.74 Å². The molecule has 160 valence electrons. The van der Waals surface area contributed by atoms with Crippen LogP contribution in [0.4, 0.5) is 0 Å². The third-order valence-corrected chi connectivity index (χ3v) is 6.62. The Labute approximate surface area is 182 Å². The Morgan fingerprint density at radius 1 is 1.10 bits per heavy atom. The second kappa shape index (κ2) is 8.40. The summed E-state index contributed by atoms with van der Waals surface area (Å²) in [5.41, 5.74) is 2.35. The Balaban J connectivity index is 1.22. The van der Waals surface area contributed by atoms with Gasteiger partial charge in [0.05, 0.1) is 11.3 Å². The number of nitrogens with zero attached hydrogens (tertiary/aromatic N) is 2. The SMILES string of the molecule is O=C(C1CCCO1)N1CCC(O)(Cc2ccc(-c3cc4ccccc4cn3)cc2)CC1. The average Bonchev–Trinajstić information content (AvgIpc) is 3.34. The van der Waals surface area contributed by atoms with Gasteiger partial charge in [0.1, 0.15) is 6.10 Å². The lowest BCUT2D eigenvalue weighted by atomic mass is 9.85. The van der Waals surface area contributed by atoms with Gasteiger partial charge in [0.2, 0.25) is 0 Å². The summed E-state index contributed by atoms with van der Waals surface area (Å²) in [5, 5.41) is 13.4. The largest absolute Gasteiger partial charge is 0.389 e. The third-order valence-electron chi connectivity index (χ3n) is 6.62. The minimum Gasteiger partial charge on any atom is -0.389 e. The van der Waals surface area contributed by atoms with E-state index >= 15 is 0 Å². The number of piperidine rings is 1. The van der Waals surface area contributed by atoms with Gasteiger partial charge in [-0.1, -0.05) is 48.5 Å². The van der Waals surface area contributed by atoms with Gasteiger partial charge in [0, 0.05) is 43.3 Å². The van der Waals surface area contributed by atoms with Gasteiger partial charge in [0.15, 0.2) is 0 Å². The molecule has 2 aliphatic rings. The lowest BCUT2D eigenvalue weighted by Gasteiger charge is -2.39. The summed E-state index contributed by atoms with van der Waals surface area (Å²) in [6, 6.07) is 18.6. The van der Waals surface area contributed by atoms with Gasteiger partial charge in [-0.3, -0.25) is 9.78 Å². The summed E-state index contributed by atoms with van der Waals surface area (Å²) < 4.78 is 5.53. The smallest absolute Gasteiger partial charge is 0.251 e. The highest BCUT2D eigenvalue weighted by molar-refractivity contribution is 5.85. The fourth-order valence-electron chi connectivity index (χ4n) is 4.71. The van der Waals surface area contributed by atoms with Crippen molar-refractivity contribution in [1.29, 1.82) is 0 Å². The molecule has 1 N–H and O–H groups in total. The molecule has 0 spiro atoms. The number of ether oxygens (including phenoxy) is 1. The second-order valence-corrected chi connectivity index (χ2v) is 8.84. The van der Waals surface area contributed by atoms with E-state index in [9.17, 15) is 9.90 Å². The van der Waals surface area contributed by atoms with Crippen molar-refractivity contribution in [3.8, 4) is 11.3 Å². The molecule has 2 saturated heterocycles. The van der Waals surface area contributed by atoms with Gasteiger partial charge in [0.25, 0.3) is 5.91 Å². The van der Waals surface area contributed by atoms with Crippen LogP contribution < -0.4 is 0 Å². The molecule has 5 heteroatoms. The number of hydrogen-bond donors (Lipinski definition) is 1. The van der Waals surface area contributed by atoms with Gasteiger partial charge < -0.3 is 14.7 Å². The zero-order valence-corrected chi connectivity index (χ0v) is 17.7. The number of fused-ring (bicyclic) bond motifs is 1. The Morgan fingerprint density at radius 3 is 2.55 bits per heavy atom. The first-order valence-electron chi connectivity index (χ1n) is 11.2. The summed E-state index contributed by atoms with van der Waals surface area (Å²) in [6.45, 7) is 1.86. The number of hydrogen-bond acceptors (Lipinski definition) is 4. The average molecular weight is 417 g/mol. The molecule has 31 heavy (non-hydrogen) atoms. The molecule has 0 bridgehead atoms. The van der Waals surface area contributed by atoms with Crippen molar-refractivity contribution in [1.82, 2.24) is 9.88 Å². The maximum absolute atomic E-state index is 12.5. The van der Waals surface area contributed by atoms with E-state index in [1.54, 1.807) is 0 Å². The van der Waals surface area contributed by atoms with Crippen LogP contribution in [0.2, 0.25) is 0 Å². The highest BCUT2D eigenvalue weighted by atomic mass is 16.5. The summed E-state index contributed by atoms with van der Waals surface area (Å²) >= 11 is 0. The molecule has 2 aromatic carbocycles. The minimum atomic E-state index is -0.768. The van der Waals surface area contributed by atoms with E-state index < -0.39 is 5.60 Å². The van der Waals surface area contributed by atoms with Crippen molar-refractivity contribution in [3.63, 3.8) is 0 Å². The first kappa shape index (κ1) is 20.2. The van der Waals surface area contributed by atoms with Gasteiger partial charge in [-0.15, -0.1) is 0 Å². The normalized spacial score (nSPS) is 20.8. The van der Waals surface area contributed by atoms with E-state index in [0.717, 1.165) is 35.0 Å². The Hall–Kier alpha value is -2.76. The van der Waals surface area contributed by atoms with Crippen molar-refractivity contribution in [2.45, 2.75) is 43.8 Å². The van der Waals surface area contributed by atoms with E-state index in [1.807, 2.05) is 23.2 Å². The molecule has 0 radical (unpaired) electrons. The number of amides is 1. The summed E-state index contributed by atoms with van der Waals surface area (Å²) in [5.74, 6) is 0.0896. The maximum Gasteiger partial charge on any atom is 0.251 e. The van der Waals surface area contributed by atoms with Gasteiger partial charge in [-0.05, 0) is 42.7 Å². The standard InChI is InChI=1S/C26H28N2O3/c29-25(24-6-3-15-31-24)28-13-11-26(30,12-14-28)17-19-7-9-20(10-8-19)23-16-21-4-1-2-5-22(21)18-27-23/h1-2,4-5,7-10,16,18,24,30H,3,6,11-15,17H2. The number of rotatable bonds is 4. The predicted octanol–water partition coefficient (Wildman–Crippen LogP) is 3.98. The van der Waals surface area contributed by atoms with Crippen molar-refractivity contribution < 1.29 is 14.6 Å². The first-order valence-corrected chi connectivity index (χ1v) is 11.2. The predicted molar refractivity (Wildman–Crippen MR) is 121 cm³/mol. The highest BCUT2D eigenvalue weighted by Crippen LogP contribution is 2.29. The van der Waals surface area contributed by atoms with Crippen molar-refractivity contribution in [2.24, 2.45) is 0 Å². The number of carbonyl (C=O) groups excluding carboxylic acids is 1. The van der Waals surface area contributed by atoms with Gasteiger partial charge >= 0.3 is 0 Å². The number of aromatic nitrogens is 1. The fourth-order valence-corrected chi connectivity index (χ4v) is 4.71. The quantitative estimate of drug-likeness (QED) is 0.699. The van der Waals surface area contributed by atoms with E-state index in [1.165, 1.54) is 5.39 Å². The zero-order chi connectivity index (χ0) is 21.3. The van der Waals surface area contributed by atoms with Crippen LogP contribution in [-0.4, -0.2) is 52.3 Å². The molecule has 1 atom stereocenters. The summed E-state index contributed by atoms with van der Waals surface area (Å²) in [6.07, 6.45) is 5.20. The molecule has 1 unspecified atom stereocenters. The van der Waals surface area contributed by atoms with Crippen molar-refractivity contribution >= 4 is 16.7 Å².